The third-order valence-corrected chi connectivity index (χ3v) is 6.40. The standard InChI is InChI=1S/C17H17N3O4S2/c1-12-10-15(19-24-12)18-17(21)14(11-13-6-3-2-4-7-13)20-26(22,23)16-8-5-9-25-16/h2-10,14,20H,11H2,1H3,(H,18,19,21). The second kappa shape index (κ2) is 7.81. The number of hydrogen-bond donors (Lipinski definition) is 2. The molecule has 0 saturated heterocycles. The molecule has 0 spiro atoms. The molecule has 0 fully saturated rings. The molecule has 26 heavy (non-hydrogen) atoms. The van der Waals surface area contributed by atoms with Crippen LogP contribution in [0.2, 0.25) is 0 Å². The van der Waals surface area contributed by atoms with Crippen LogP contribution in [0.3, 0.4) is 0 Å². The van der Waals surface area contributed by atoms with Gasteiger partial charge in [-0.05, 0) is 30.4 Å². The largest absolute Gasteiger partial charge is 0.360 e. The Bertz CT molecular complexity index is 967. The number of nitrogens with one attached hydrogen (secondary N) is 2. The van der Waals surface area contributed by atoms with Gasteiger partial charge in [-0.3, -0.25) is 4.79 Å². The lowest BCUT2D eigenvalue weighted by Crippen LogP contribution is -2.45. The molecule has 2 heterocycles. The van der Waals surface area contributed by atoms with Gasteiger partial charge in [0.05, 0.1) is 0 Å². The van der Waals surface area contributed by atoms with Gasteiger partial charge in [-0.1, -0.05) is 41.6 Å². The van der Waals surface area contributed by atoms with E-state index in [1.807, 2.05) is 30.3 Å². The fourth-order valence-corrected chi connectivity index (χ4v) is 4.54. The van der Waals surface area contributed by atoms with E-state index in [1.165, 1.54) is 6.07 Å². The maximum absolute atomic E-state index is 12.7. The van der Waals surface area contributed by atoms with Crippen molar-refractivity contribution in [2.75, 3.05) is 5.32 Å². The summed E-state index contributed by atoms with van der Waals surface area (Å²) in [5.74, 6) is 0.266. The predicted molar refractivity (Wildman–Crippen MR) is 98.4 cm³/mol. The van der Waals surface area contributed by atoms with Gasteiger partial charge in [-0.15, -0.1) is 11.3 Å². The summed E-state index contributed by atoms with van der Waals surface area (Å²) >= 11 is 1.09. The first-order valence-electron chi connectivity index (χ1n) is 7.78. The molecular formula is C17H17N3O4S2. The van der Waals surface area contributed by atoms with Gasteiger partial charge >= 0.3 is 0 Å². The molecule has 1 amide bonds. The van der Waals surface area contributed by atoms with Crippen LogP contribution in [0.4, 0.5) is 5.82 Å². The Hall–Kier alpha value is -2.49. The number of carbonyl (C=O) groups is 1. The molecular weight excluding hydrogens is 374 g/mol. The third kappa shape index (κ3) is 4.57. The van der Waals surface area contributed by atoms with E-state index in [-0.39, 0.29) is 16.4 Å². The average Bonchev–Trinajstić information content (AvgIpc) is 3.27. The van der Waals surface area contributed by atoms with Crippen molar-refractivity contribution in [1.29, 1.82) is 0 Å². The maximum Gasteiger partial charge on any atom is 0.250 e. The van der Waals surface area contributed by atoms with Gasteiger partial charge in [0.25, 0.3) is 10.0 Å². The lowest BCUT2D eigenvalue weighted by molar-refractivity contribution is -0.117. The van der Waals surface area contributed by atoms with Crippen molar-refractivity contribution in [2.45, 2.75) is 23.6 Å². The van der Waals surface area contributed by atoms with E-state index in [4.69, 9.17) is 4.52 Å². The van der Waals surface area contributed by atoms with Crippen molar-refractivity contribution in [3.63, 3.8) is 0 Å². The van der Waals surface area contributed by atoms with Gasteiger partial charge in [0.15, 0.2) is 5.82 Å². The highest BCUT2D eigenvalue weighted by Gasteiger charge is 2.27. The minimum Gasteiger partial charge on any atom is -0.360 e. The molecule has 2 aromatic heterocycles. The maximum atomic E-state index is 12.7. The zero-order valence-electron chi connectivity index (χ0n) is 13.9. The van der Waals surface area contributed by atoms with Crippen molar-refractivity contribution in [3.05, 3.63) is 65.2 Å². The highest BCUT2D eigenvalue weighted by atomic mass is 32.2. The van der Waals surface area contributed by atoms with Crippen LogP contribution < -0.4 is 10.0 Å². The summed E-state index contributed by atoms with van der Waals surface area (Å²) in [6.45, 7) is 1.70. The van der Waals surface area contributed by atoms with Crippen molar-refractivity contribution in [2.24, 2.45) is 0 Å². The van der Waals surface area contributed by atoms with Crippen LogP contribution in [0.15, 0.2) is 62.6 Å². The second-order valence-electron chi connectivity index (χ2n) is 5.61. The molecule has 0 radical (unpaired) electrons. The first-order valence-corrected chi connectivity index (χ1v) is 10.1. The van der Waals surface area contributed by atoms with E-state index in [1.54, 1.807) is 24.4 Å². The van der Waals surface area contributed by atoms with Crippen LogP contribution >= 0.6 is 11.3 Å². The minimum absolute atomic E-state index is 0.153. The van der Waals surface area contributed by atoms with Crippen LogP contribution in [0, 0.1) is 6.92 Å². The zero-order valence-corrected chi connectivity index (χ0v) is 15.5. The van der Waals surface area contributed by atoms with Crippen LogP contribution in [0.1, 0.15) is 11.3 Å². The van der Waals surface area contributed by atoms with Crippen LogP contribution in [-0.4, -0.2) is 25.5 Å². The Morgan fingerprint density at radius 1 is 1.23 bits per heavy atom. The zero-order chi connectivity index (χ0) is 18.6. The molecule has 0 aliphatic rings. The molecule has 2 N–H and O–H groups in total. The summed E-state index contributed by atoms with van der Waals surface area (Å²) in [4.78, 5) is 12.7. The van der Waals surface area contributed by atoms with Crippen LogP contribution in [0.5, 0.6) is 0 Å². The van der Waals surface area contributed by atoms with Gasteiger partial charge < -0.3 is 9.84 Å². The molecule has 3 rings (SSSR count). The molecule has 0 aliphatic heterocycles. The SMILES string of the molecule is Cc1cc(NC(=O)C(Cc2ccccc2)NS(=O)(=O)c2cccs2)no1. The van der Waals surface area contributed by atoms with E-state index in [0.717, 1.165) is 16.9 Å². The molecule has 9 heteroatoms. The number of rotatable bonds is 7. The Labute approximate surface area is 155 Å². The van der Waals surface area contributed by atoms with Gasteiger partial charge in [0.1, 0.15) is 16.0 Å². The summed E-state index contributed by atoms with van der Waals surface area (Å²) in [5.41, 5.74) is 0.831. The van der Waals surface area contributed by atoms with Gasteiger partial charge in [0.2, 0.25) is 5.91 Å². The fourth-order valence-electron chi connectivity index (χ4n) is 2.34. The lowest BCUT2D eigenvalue weighted by Gasteiger charge is -2.17. The lowest BCUT2D eigenvalue weighted by atomic mass is 10.1. The van der Waals surface area contributed by atoms with Crippen molar-refractivity contribution < 1.29 is 17.7 Å². The van der Waals surface area contributed by atoms with E-state index in [2.05, 4.69) is 15.2 Å². The number of benzene rings is 1. The number of nitrogens with zero attached hydrogens (tertiary/aromatic N) is 1. The molecule has 0 bridgehead atoms. The Morgan fingerprint density at radius 3 is 2.62 bits per heavy atom. The van der Waals surface area contributed by atoms with Crippen molar-refractivity contribution in [1.82, 2.24) is 9.88 Å². The Balaban J connectivity index is 1.82. The molecule has 0 aliphatic carbocycles. The first-order chi connectivity index (χ1) is 12.4. The third-order valence-electron chi connectivity index (χ3n) is 3.54. The van der Waals surface area contributed by atoms with Crippen LogP contribution in [-0.2, 0) is 21.2 Å². The molecule has 0 saturated carbocycles. The van der Waals surface area contributed by atoms with Gasteiger partial charge in [0, 0.05) is 6.07 Å². The van der Waals surface area contributed by atoms with Gasteiger partial charge in [-0.2, -0.15) is 4.72 Å². The summed E-state index contributed by atoms with van der Waals surface area (Å²) in [6.07, 6.45) is 0.202. The molecule has 1 atom stereocenters. The predicted octanol–water partition coefficient (Wildman–Crippen LogP) is 2.57. The van der Waals surface area contributed by atoms with E-state index in [9.17, 15) is 13.2 Å². The summed E-state index contributed by atoms with van der Waals surface area (Å²) in [7, 11) is -3.80. The fraction of sp³-hybridized carbons (Fsp3) is 0.176. The molecule has 1 unspecified atom stereocenters. The highest BCUT2D eigenvalue weighted by Crippen LogP contribution is 2.17. The number of anilines is 1. The quantitative estimate of drug-likeness (QED) is 0.645. The Morgan fingerprint density at radius 2 is 2.00 bits per heavy atom. The topological polar surface area (TPSA) is 101 Å². The van der Waals surface area contributed by atoms with Crippen LogP contribution in [0.25, 0.3) is 0 Å². The van der Waals surface area contributed by atoms with E-state index < -0.39 is 22.0 Å². The second-order valence-corrected chi connectivity index (χ2v) is 8.50. The van der Waals surface area contributed by atoms with Gasteiger partial charge in [-0.25, -0.2) is 8.42 Å². The number of aryl methyl sites for hydroxylation is 1. The number of sulfonamides is 1. The number of hydrogen-bond acceptors (Lipinski definition) is 6. The summed E-state index contributed by atoms with van der Waals surface area (Å²) in [5, 5.41) is 7.96. The van der Waals surface area contributed by atoms with Crippen molar-refractivity contribution >= 4 is 33.1 Å². The van der Waals surface area contributed by atoms with E-state index >= 15 is 0 Å². The number of amides is 1. The normalized spacial score (nSPS) is 12.7. The monoisotopic (exact) mass is 391 g/mol. The summed E-state index contributed by atoms with van der Waals surface area (Å²) in [6, 6.07) is 12.9. The Kier molecular flexibility index (Phi) is 5.50. The van der Waals surface area contributed by atoms with E-state index in [0.29, 0.717) is 5.76 Å². The molecule has 136 valence electrons. The number of carbonyl (C=O) groups excluding carboxylic acids is 1. The number of thiophene rings is 1. The smallest absolute Gasteiger partial charge is 0.250 e. The molecule has 7 nitrogen and oxygen atoms in total. The average molecular weight is 391 g/mol. The first kappa shape index (κ1) is 18.3. The molecule has 1 aromatic carbocycles. The molecule has 3 aromatic rings. The number of aromatic nitrogens is 1. The van der Waals surface area contributed by atoms with Crippen molar-refractivity contribution in [3.8, 4) is 0 Å². The minimum atomic E-state index is -3.80. The highest BCUT2D eigenvalue weighted by molar-refractivity contribution is 7.91. The summed E-state index contributed by atoms with van der Waals surface area (Å²) < 4.78 is 32.6.